The van der Waals surface area contributed by atoms with Crippen LogP contribution in [0.15, 0.2) is 31.0 Å². The molecular weight excluding hydrogens is 244 g/mol. The van der Waals surface area contributed by atoms with Gasteiger partial charge >= 0.3 is 0 Å². The summed E-state index contributed by atoms with van der Waals surface area (Å²) < 4.78 is 1.49. The summed E-state index contributed by atoms with van der Waals surface area (Å²) in [4.78, 5) is 20.1. The van der Waals surface area contributed by atoms with Crippen molar-refractivity contribution in [3.05, 3.63) is 31.0 Å². The third-order valence-corrected chi connectivity index (χ3v) is 2.88. The molecule has 2 aromatic rings. The molecule has 0 saturated heterocycles. The lowest BCUT2D eigenvalue weighted by Crippen LogP contribution is -2.34. The first-order chi connectivity index (χ1) is 9.09. The molecule has 0 aromatic carbocycles. The molecule has 0 aliphatic heterocycles. The predicted molar refractivity (Wildman–Crippen MR) is 70.6 cm³/mol. The van der Waals surface area contributed by atoms with Crippen LogP contribution >= 0.6 is 0 Å². The Kier molecular flexibility index (Phi) is 3.86. The number of hydrogen-bond acceptors (Lipinski definition) is 5. The number of carbonyl (C=O) groups is 1. The van der Waals surface area contributed by atoms with Crippen molar-refractivity contribution in [3.8, 4) is 5.82 Å². The molecule has 0 radical (unpaired) electrons. The number of anilines is 1. The Morgan fingerprint density at radius 1 is 1.47 bits per heavy atom. The van der Waals surface area contributed by atoms with Crippen LogP contribution in [-0.2, 0) is 4.79 Å². The molecule has 19 heavy (non-hydrogen) atoms. The Labute approximate surface area is 110 Å². The van der Waals surface area contributed by atoms with Gasteiger partial charge in [0.25, 0.3) is 0 Å². The van der Waals surface area contributed by atoms with Gasteiger partial charge < -0.3 is 11.1 Å². The first-order valence-electron chi connectivity index (χ1n) is 5.96. The first kappa shape index (κ1) is 13.2. The van der Waals surface area contributed by atoms with Crippen LogP contribution in [0, 0.1) is 5.92 Å². The van der Waals surface area contributed by atoms with Gasteiger partial charge in [0.1, 0.15) is 12.7 Å². The van der Waals surface area contributed by atoms with Crippen molar-refractivity contribution >= 4 is 11.6 Å². The number of pyridine rings is 1. The number of hydrogen-bond donors (Lipinski definition) is 2. The molecule has 7 nitrogen and oxygen atoms in total. The van der Waals surface area contributed by atoms with E-state index in [1.807, 2.05) is 0 Å². The standard InChI is InChI=1S/C12H16N6O/c1-8(9(2)13)12(19)17-10-4-3-5-15-11(10)18-7-14-6-16-18/h3-9H,13H2,1-2H3,(H,17,19). The number of nitrogens with one attached hydrogen (secondary N) is 1. The Balaban J connectivity index is 2.24. The Morgan fingerprint density at radius 2 is 2.26 bits per heavy atom. The number of amides is 1. The number of nitrogens with zero attached hydrogens (tertiary/aromatic N) is 4. The smallest absolute Gasteiger partial charge is 0.228 e. The SMILES string of the molecule is CC(N)C(C)C(=O)Nc1cccnc1-n1cncn1. The van der Waals surface area contributed by atoms with Crippen LogP contribution in [-0.4, -0.2) is 31.7 Å². The second-order valence-electron chi connectivity index (χ2n) is 4.35. The summed E-state index contributed by atoms with van der Waals surface area (Å²) in [7, 11) is 0. The fraction of sp³-hybridized carbons (Fsp3) is 0.333. The van der Waals surface area contributed by atoms with E-state index in [9.17, 15) is 4.79 Å². The van der Waals surface area contributed by atoms with Gasteiger partial charge in [-0.05, 0) is 19.1 Å². The van der Waals surface area contributed by atoms with Crippen molar-refractivity contribution in [1.82, 2.24) is 19.7 Å². The summed E-state index contributed by atoms with van der Waals surface area (Å²) >= 11 is 0. The van der Waals surface area contributed by atoms with E-state index in [2.05, 4.69) is 20.4 Å². The topological polar surface area (TPSA) is 98.7 Å². The quantitative estimate of drug-likeness (QED) is 0.838. The highest BCUT2D eigenvalue weighted by Crippen LogP contribution is 2.17. The second kappa shape index (κ2) is 5.57. The minimum atomic E-state index is -0.288. The van der Waals surface area contributed by atoms with Crippen molar-refractivity contribution in [1.29, 1.82) is 0 Å². The number of rotatable bonds is 4. The van der Waals surface area contributed by atoms with E-state index in [-0.39, 0.29) is 17.9 Å². The van der Waals surface area contributed by atoms with Crippen LogP contribution in [0.4, 0.5) is 5.69 Å². The van der Waals surface area contributed by atoms with E-state index in [4.69, 9.17) is 5.73 Å². The van der Waals surface area contributed by atoms with Crippen LogP contribution < -0.4 is 11.1 Å². The summed E-state index contributed by atoms with van der Waals surface area (Å²) in [5.74, 6) is 0.0818. The van der Waals surface area contributed by atoms with Gasteiger partial charge in [0.2, 0.25) is 5.91 Å². The van der Waals surface area contributed by atoms with Crippen LogP contribution in [0.5, 0.6) is 0 Å². The maximum atomic E-state index is 12.0. The molecule has 0 spiro atoms. The zero-order valence-corrected chi connectivity index (χ0v) is 10.8. The molecule has 2 atom stereocenters. The van der Waals surface area contributed by atoms with Crippen molar-refractivity contribution < 1.29 is 4.79 Å². The van der Waals surface area contributed by atoms with E-state index in [0.29, 0.717) is 11.5 Å². The first-order valence-corrected chi connectivity index (χ1v) is 5.96. The summed E-state index contributed by atoms with van der Waals surface area (Å²) in [5, 5.41) is 6.81. The lowest BCUT2D eigenvalue weighted by molar-refractivity contribution is -0.119. The van der Waals surface area contributed by atoms with Gasteiger partial charge in [0.05, 0.1) is 11.6 Å². The monoisotopic (exact) mass is 260 g/mol. The zero-order valence-electron chi connectivity index (χ0n) is 10.8. The summed E-state index contributed by atoms with van der Waals surface area (Å²) in [6.45, 7) is 3.58. The molecule has 1 amide bonds. The molecule has 0 aliphatic carbocycles. The zero-order chi connectivity index (χ0) is 13.8. The fourth-order valence-electron chi connectivity index (χ4n) is 1.48. The van der Waals surface area contributed by atoms with Crippen molar-refractivity contribution in [3.63, 3.8) is 0 Å². The number of aromatic nitrogens is 4. The highest BCUT2D eigenvalue weighted by Gasteiger charge is 2.18. The lowest BCUT2D eigenvalue weighted by Gasteiger charge is -2.16. The van der Waals surface area contributed by atoms with Gasteiger partial charge in [-0.15, -0.1) is 0 Å². The minimum absolute atomic E-state index is 0.149. The van der Waals surface area contributed by atoms with Crippen LogP contribution in [0.3, 0.4) is 0 Å². The van der Waals surface area contributed by atoms with Crippen LogP contribution in [0.2, 0.25) is 0 Å². The maximum absolute atomic E-state index is 12.0. The minimum Gasteiger partial charge on any atom is -0.327 e. The highest BCUT2D eigenvalue weighted by atomic mass is 16.1. The van der Waals surface area contributed by atoms with E-state index < -0.39 is 0 Å². The van der Waals surface area contributed by atoms with Gasteiger partial charge in [-0.2, -0.15) is 5.10 Å². The molecule has 0 bridgehead atoms. The Morgan fingerprint density at radius 3 is 2.89 bits per heavy atom. The molecule has 2 aromatic heterocycles. The van der Waals surface area contributed by atoms with Crippen LogP contribution in [0.25, 0.3) is 5.82 Å². The average molecular weight is 260 g/mol. The molecule has 7 heteroatoms. The lowest BCUT2D eigenvalue weighted by atomic mass is 10.0. The average Bonchev–Trinajstić information content (AvgIpc) is 2.92. The van der Waals surface area contributed by atoms with Gasteiger partial charge in [0, 0.05) is 12.2 Å². The summed E-state index contributed by atoms with van der Waals surface area (Å²) in [5.41, 5.74) is 6.29. The van der Waals surface area contributed by atoms with Crippen LogP contribution in [0.1, 0.15) is 13.8 Å². The van der Waals surface area contributed by atoms with Gasteiger partial charge in [-0.1, -0.05) is 6.92 Å². The summed E-state index contributed by atoms with van der Waals surface area (Å²) in [6.07, 6.45) is 4.56. The largest absolute Gasteiger partial charge is 0.327 e. The Bertz CT molecular complexity index is 551. The molecular formula is C12H16N6O. The molecule has 0 aliphatic rings. The third-order valence-electron chi connectivity index (χ3n) is 2.88. The second-order valence-corrected chi connectivity index (χ2v) is 4.35. The molecule has 3 N–H and O–H groups in total. The van der Waals surface area contributed by atoms with Crippen molar-refractivity contribution in [2.75, 3.05) is 5.32 Å². The molecule has 2 heterocycles. The third kappa shape index (κ3) is 2.94. The molecule has 0 fully saturated rings. The van der Waals surface area contributed by atoms with E-state index in [1.54, 1.807) is 32.2 Å². The van der Waals surface area contributed by atoms with Gasteiger partial charge in [-0.3, -0.25) is 4.79 Å². The predicted octanol–water partition coefficient (Wildman–Crippen LogP) is 0.584. The van der Waals surface area contributed by atoms with Crippen molar-refractivity contribution in [2.24, 2.45) is 11.7 Å². The molecule has 0 saturated carbocycles. The Hall–Kier alpha value is -2.28. The van der Waals surface area contributed by atoms with E-state index >= 15 is 0 Å². The van der Waals surface area contributed by atoms with Gasteiger partial charge in [-0.25, -0.2) is 14.6 Å². The maximum Gasteiger partial charge on any atom is 0.228 e. The molecule has 100 valence electrons. The highest BCUT2D eigenvalue weighted by molar-refractivity contribution is 5.94. The molecule has 2 unspecified atom stereocenters. The molecule has 2 rings (SSSR count). The fourth-order valence-corrected chi connectivity index (χ4v) is 1.48. The van der Waals surface area contributed by atoms with E-state index in [0.717, 1.165) is 0 Å². The van der Waals surface area contributed by atoms with E-state index in [1.165, 1.54) is 17.3 Å². The van der Waals surface area contributed by atoms with Gasteiger partial charge in [0.15, 0.2) is 5.82 Å². The number of carbonyl (C=O) groups excluding carboxylic acids is 1. The summed E-state index contributed by atoms with van der Waals surface area (Å²) in [6, 6.07) is 3.29. The normalized spacial score (nSPS) is 13.8. The van der Waals surface area contributed by atoms with Crippen molar-refractivity contribution in [2.45, 2.75) is 19.9 Å². The number of nitrogens with two attached hydrogens (primary N) is 1.